The highest BCUT2D eigenvalue weighted by Gasteiger charge is 2.39. The quantitative estimate of drug-likeness (QED) is 0.179. The van der Waals surface area contributed by atoms with Gasteiger partial charge in [-0.15, -0.1) is 0 Å². The molecule has 1 saturated carbocycles. The van der Waals surface area contributed by atoms with Crippen LogP contribution in [0.15, 0.2) is 36.4 Å². The highest BCUT2D eigenvalue weighted by molar-refractivity contribution is 5.57. The number of piperazine rings is 1. The van der Waals surface area contributed by atoms with Crippen LogP contribution < -0.4 is 9.64 Å². The highest BCUT2D eigenvalue weighted by atomic mass is 19.4. The first kappa shape index (κ1) is 30.2. The number of nitro benzene ring substituents is 1. The van der Waals surface area contributed by atoms with Crippen molar-refractivity contribution >= 4 is 17.7 Å². The number of benzene rings is 2. The summed E-state index contributed by atoms with van der Waals surface area (Å²) < 4.78 is 66.0. The van der Waals surface area contributed by atoms with Gasteiger partial charge in [0.15, 0.2) is 12.5 Å². The topological polar surface area (TPSA) is 88.4 Å². The van der Waals surface area contributed by atoms with Crippen LogP contribution in [0, 0.1) is 15.9 Å². The molecule has 2 aliphatic heterocycles. The van der Waals surface area contributed by atoms with Crippen molar-refractivity contribution < 1.29 is 36.8 Å². The van der Waals surface area contributed by atoms with Crippen LogP contribution >= 0.6 is 0 Å². The molecule has 9 nitrogen and oxygen atoms in total. The minimum absolute atomic E-state index is 0.0363. The molecule has 3 aliphatic rings. The lowest BCUT2D eigenvalue weighted by atomic mass is 9.91. The van der Waals surface area contributed by atoms with Crippen LogP contribution in [0.4, 0.5) is 28.9 Å². The summed E-state index contributed by atoms with van der Waals surface area (Å²) in [6.45, 7) is 3.50. The maximum Gasteiger partial charge on any atom is 0.423 e. The molecule has 0 spiro atoms. The zero-order chi connectivity index (χ0) is 30.0. The van der Waals surface area contributed by atoms with Gasteiger partial charge >= 0.3 is 6.18 Å². The van der Waals surface area contributed by atoms with Crippen molar-refractivity contribution in [2.75, 3.05) is 44.7 Å². The van der Waals surface area contributed by atoms with Crippen molar-refractivity contribution in [3.8, 4) is 5.75 Å². The van der Waals surface area contributed by atoms with E-state index in [1.165, 1.54) is 18.2 Å². The number of fused-ring (bicyclic) bond motifs is 1. The lowest BCUT2D eigenvalue weighted by molar-refractivity contribution is -0.388. The van der Waals surface area contributed by atoms with Gasteiger partial charge in [0.2, 0.25) is 0 Å². The number of halogens is 4. The molecule has 2 atom stereocenters. The Morgan fingerprint density at radius 2 is 1.83 bits per heavy atom. The van der Waals surface area contributed by atoms with E-state index >= 15 is 0 Å². The Balaban J connectivity index is 1.08. The predicted octanol–water partition coefficient (Wildman–Crippen LogP) is 4.66. The second-order valence-electron chi connectivity index (χ2n) is 11.2. The molecule has 5 rings (SSSR count). The van der Waals surface area contributed by atoms with E-state index in [-0.39, 0.29) is 29.8 Å². The van der Waals surface area contributed by atoms with Crippen LogP contribution in [0.1, 0.15) is 36.8 Å². The predicted molar refractivity (Wildman–Crippen MR) is 146 cm³/mol. The number of rotatable bonds is 9. The second-order valence-corrected chi connectivity index (χ2v) is 11.2. The van der Waals surface area contributed by atoms with Crippen molar-refractivity contribution in [1.82, 2.24) is 9.80 Å². The Morgan fingerprint density at radius 3 is 2.48 bits per heavy atom. The second kappa shape index (κ2) is 12.5. The molecule has 2 fully saturated rings. The molecular weight excluding hydrogens is 560 g/mol. The molecule has 1 aliphatic carbocycles. The fraction of sp³-hybridized carbons (Fsp3) is 0.552. The monoisotopic (exact) mass is 594 g/mol. The van der Waals surface area contributed by atoms with Crippen LogP contribution in [0.5, 0.6) is 5.75 Å². The molecular formula is C29H34F4N4O5. The van der Waals surface area contributed by atoms with Gasteiger partial charge in [0, 0.05) is 69.6 Å². The van der Waals surface area contributed by atoms with Crippen molar-refractivity contribution in [2.45, 2.75) is 62.8 Å². The molecule has 42 heavy (non-hydrogen) atoms. The van der Waals surface area contributed by atoms with Crippen LogP contribution in [-0.2, 0) is 22.1 Å². The Labute approximate surface area is 241 Å². The number of aldehydes is 1. The largest absolute Gasteiger partial charge is 0.488 e. The fourth-order valence-electron chi connectivity index (χ4n) is 6.19. The van der Waals surface area contributed by atoms with Gasteiger partial charge in [0.05, 0.1) is 11.0 Å². The van der Waals surface area contributed by atoms with Crippen LogP contribution in [0.2, 0.25) is 0 Å². The summed E-state index contributed by atoms with van der Waals surface area (Å²) in [4.78, 5) is 28.0. The van der Waals surface area contributed by atoms with Gasteiger partial charge in [-0.2, -0.15) is 13.2 Å². The van der Waals surface area contributed by atoms with Crippen LogP contribution in [0.25, 0.3) is 0 Å². The van der Waals surface area contributed by atoms with E-state index in [0.29, 0.717) is 51.7 Å². The molecule has 0 bridgehead atoms. The van der Waals surface area contributed by atoms with Crippen molar-refractivity contribution in [3.05, 3.63) is 63.5 Å². The number of ether oxygens (including phenoxy) is 2. The number of carbonyl (C=O) groups is 1. The summed E-state index contributed by atoms with van der Waals surface area (Å²) in [5.74, 6) is 0.463. The third-order valence-electron chi connectivity index (χ3n) is 8.52. The van der Waals surface area contributed by atoms with Gasteiger partial charge in [0.1, 0.15) is 23.2 Å². The maximum atomic E-state index is 13.5. The third kappa shape index (κ3) is 6.84. The van der Waals surface area contributed by atoms with Gasteiger partial charge in [-0.25, -0.2) is 4.39 Å². The summed E-state index contributed by atoms with van der Waals surface area (Å²) in [5, 5.41) is 11.1. The summed E-state index contributed by atoms with van der Waals surface area (Å²) >= 11 is 0. The minimum Gasteiger partial charge on any atom is -0.488 e. The fourth-order valence-corrected chi connectivity index (χ4v) is 6.19. The highest BCUT2D eigenvalue weighted by Crippen LogP contribution is 2.39. The zero-order valence-electron chi connectivity index (χ0n) is 23.3. The van der Waals surface area contributed by atoms with E-state index in [9.17, 15) is 32.5 Å². The third-order valence-corrected chi connectivity index (χ3v) is 8.52. The van der Waals surface area contributed by atoms with E-state index in [2.05, 4.69) is 4.90 Å². The minimum atomic E-state index is -4.84. The van der Waals surface area contributed by atoms with Gasteiger partial charge in [0.25, 0.3) is 5.69 Å². The number of nitro groups is 1. The first-order chi connectivity index (χ1) is 20.0. The standard InChI is InChI=1S/C29H34F4N4O5/c1-34(22-5-8-26(37(39)40)25(16-22)29(31,32)33)21-3-6-23(7-4-21)42-28(18-38)36-12-10-35(11-13-36)17-24-15-19-14-20(30)2-9-27(19)41-24/h2,5,8-9,14,16,18,21,23-24,28H,3-4,6-7,10-13,15,17H2,1H3. The summed E-state index contributed by atoms with van der Waals surface area (Å²) in [6, 6.07) is 7.60. The molecule has 228 valence electrons. The first-order valence-electron chi connectivity index (χ1n) is 14.1. The Morgan fingerprint density at radius 1 is 1.12 bits per heavy atom. The Kier molecular flexibility index (Phi) is 9.00. The number of anilines is 1. The number of hydrogen-bond donors (Lipinski definition) is 0. The van der Waals surface area contributed by atoms with E-state index in [1.807, 2.05) is 4.90 Å². The van der Waals surface area contributed by atoms with Gasteiger partial charge in [-0.05, 0) is 56.0 Å². The molecule has 0 radical (unpaired) electrons. The van der Waals surface area contributed by atoms with E-state index < -0.39 is 28.6 Å². The van der Waals surface area contributed by atoms with Crippen LogP contribution in [0.3, 0.4) is 0 Å². The molecule has 13 heteroatoms. The lowest BCUT2D eigenvalue weighted by Crippen LogP contribution is -2.54. The smallest absolute Gasteiger partial charge is 0.423 e. The number of hydrogen-bond acceptors (Lipinski definition) is 8. The van der Waals surface area contributed by atoms with Crippen molar-refractivity contribution in [2.24, 2.45) is 0 Å². The molecule has 2 aromatic rings. The maximum absolute atomic E-state index is 13.5. The molecule has 2 aromatic carbocycles. The Bertz CT molecular complexity index is 1280. The summed E-state index contributed by atoms with van der Waals surface area (Å²) in [6.07, 6.45) is -1.66. The van der Waals surface area contributed by atoms with E-state index in [4.69, 9.17) is 9.47 Å². The number of nitrogens with zero attached hydrogens (tertiary/aromatic N) is 4. The molecule has 1 saturated heterocycles. The summed E-state index contributed by atoms with van der Waals surface area (Å²) in [7, 11) is 1.69. The van der Waals surface area contributed by atoms with Gasteiger partial charge in [-0.3, -0.25) is 24.7 Å². The number of carbonyl (C=O) groups excluding carboxylic acids is 1. The average molecular weight is 595 g/mol. The average Bonchev–Trinajstić information content (AvgIpc) is 3.36. The lowest BCUT2D eigenvalue weighted by Gasteiger charge is -2.40. The molecule has 2 unspecified atom stereocenters. The normalized spacial score (nSPS) is 24.1. The van der Waals surface area contributed by atoms with Crippen molar-refractivity contribution in [3.63, 3.8) is 0 Å². The van der Waals surface area contributed by atoms with Crippen LogP contribution in [-0.4, -0.2) is 85.3 Å². The Hall–Kier alpha value is -3.29. The van der Waals surface area contributed by atoms with Crippen molar-refractivity contribution in [1.29, 1.82) is 0 Å². The van der Waals surface area contributed by atoms with Gasteiger partial charge in [-0.1, -0.05) is 0 Å². The molecule has 2 heterocycles. The van der Waals surface area contributed by atoms with E-state index in [1.54, 1.807) is 18.0 Å². The molecule has 0 amide bonds. The summed E-state index contributed by atoms with van der Waals surface area (Å²) in [5.41, 5.74) is -1.08. The van der Waals surface area contributed by atoms with Gasteiger partial charge < -0.3 is 14.4 Å². The zero-order valence-corrected chi connectivity index (χ0v) is 23.3. The van der Waals surface area contributed by atoms with E-state index in [0.717, 1.165) is 42.8 Å². The SMILES string of the molecule is CN(c1ccc([N+](=O)[O-])c(C(F)(F)F)c1)C1CCC(OC(C=O)N2CCN(CC3Cc4cc(F)ccc4O3)CC2)CC1. The molecule has 0 aromatic heterocycles. The number of alkyl halides is 3. The first-order valence-corrected chi connectivity index (χ1v) is 14.1. The molecule has 0 N–H and O–H groups in total.